The fourth-order valence-corrected chi connectivity index (χ4v) is 2.23. The number of fused-ring (bicyclic) bond motifs is 1. The summed E-state index contributed by atoms with van der Waals surface area (Å²) in [5.74, 6) is 0. The molecule has 1 saturated carbocycles. The fourth-order valence-electron chi connectivity index (χ4n) is 2.23. The molecule has 1 aromatic heterocycles. The highest BCUT2D eigenvalue weighted by Crippen LogP contribution is 2.37. The van der Waals surface area contributed by atoms with Gasteiger partial charge in [-0.25, -0.2) is 0 Å². The lowest BCUT2D eigenvalue weighted by Crippen LogP contribution is -2.26. The van der Waals surface area contributed by atoms with Crippen molar-refractivity contribution in [2.24, 2.45) is 0 Å². The Kier molecular flexibility index (Phi) is 1.83. The van der Waals surface area contributed by atoms with Crippen LogP contribution in [0.25, 0.3) is 0 Å². The summed E-state index contributed by atoms with van der Waals surface area (Å²) in [5, 5.41) is 13.8. The zero-order chi connectivity index (χ0) is 10.4. The first kappa shape index (κ1) is 8.93. The number of hydrogen-bond donors (Lipinski definition) is 0. The molecule has 0 bridgehead atoms. The Hall–Kier alpha value is -1.34. The summed E-state index contributed by atoms with van der Waals surface area (Å²) in [6.07, 6.45) is 3.36. The molecule has 15 heavy (non-hydrogen) atoms. The summed E-state index contributed by atoms with van der Waals surface area (Å²) in [6, 6.07) is 2.83. The van der Waals surface area contributed by atoms with E-state index in [-0.39, 0.29) is 0 Å². The molecule has 4 heteroatoms. The van der Waals surface area contributed by atoms with Crippen LogP contribution in [0.2, 0.25) is 0 Å². The highest BCUT2D eigenvalue weighted by atomic mass is 15.3. The van der Waals surface area contributed by atoms with E-state index in [9.17, 15) is 5.26 Å². The van der Waals surface area contributed by atoms with Crippen LogP contribution in [0.3, 0.4) is 0 Å². The molecule has 4 nitrogen and oxygen atoms in total. The van der Waals surface area contributed by atoms with Gasteiger partial charge in [0.05, 0.1) is 11.7 Å². The summed E-state index contributed by atoms with van der Waals surface area (Å²) in [5.41, 5.74) is 3.12. The molecule has 3 rings (SSSR count). The van der Waals surface area contributed by atoms with Crippen LogP contribution in [0.5, 0.6) is 0 Å². The molecule has 0 atom stereocenters. The molecule has 0 unspecified atom stereocenters. The van der Waals surface area contributed by atoms with Gasteiger partial charge >= 0.3 is 0 Å². The van der Waals surface area contributed by atoms with Crippen LogP contribution in [-0.4, -0.2) is 28.3 Å². The molecular weight excluding hydrogens is 188 g/mol. The summed E-state index contributed by atoms with van der Waals surface area (Å²) in [7, 11) is 2.10. The minimum absolute atomic E-state index is 0.510. The van der Waals surface area contributed by atoms with Crippen LogP contribution in [-0.2, 0) is 13.0 Å². The minimum atomic E-state index is 0.510. The average molecular weight is 202 g/mol. The van der Waals surface area contributed by atoms with Gasteiger partial charge < -0.3 is 4.90 Å². The normalized spacial score (nSPS) is 21.1. The van der Waals surface area contributed by atoms with Crippen molar-refractivity contribution in [3.63, 3.8) is 0 Å². The summed E-state index contributed by atoms with van der Waals surface area (Å²) >= 11 is 0. The van der Waals surface area contributed by atoms with E-state index in [1.807, 2.05) is 4.68 Å². The van der Waals surface area contributed by atoms with Crippen LogP contribution in [0.4, 0.5) is 0 Å². The summed E-state index contributed by atoms with van der Waals surface area (Å²) < 4.78 is 1.96. The van der Waals surface area contributed by atoms with E-state index in [1.54, 1.807) is 0 Å². The van der Waals surface area contributed by atoms with Crippen LogP contribution in [0, 0.1) is 11.3 Å². The highest BCUT2D eigenvalue weighted by Gasteiger charge is 2.31. The van der Waals surface area contributed by atoms with Gasteiger partial charge in [-0.2, -0.15) is 10.4 Å². The van der Waals surface area contributed by atoms with Gasteiger partial charge in [0.15, 0.2) is 0 Å². The van der Waals surface area contributed by atoms with Gasteiger partial charge in [0.2, 0.25) is 0 Å². The first-order chi connectivity index (χ1) is 7.29. The lowest BCUT2D eigenvalue weighted by molar-refractivity contribution is 0.311. The molecule has 0 saturated heterocycles. The number of nitrogens with zero attached hydrogens (tertiary/aromatic N) is 4. The lowest BCUT2D eigenvalue weighted by Gasteiger charge is -2.20. The zero-order valence-corrected chi connectivity index (χ0v) is 8.90. The van der Waals surface area contributed by atoms with E-state index in [2.05, 4.69) is 23.1 Å². The molecule has 0 amide bonds. The van der Waals surface area contributed by atoms with Gasteiger partial charge in [0.1, 0.15) is 11.8 Å². The molecule has 1 aromatic rings. The Labute approximate surface area is 89.1 Å². The molecule has 2 aliphatic rings. The molecule has 1 aliphatic heterocycles. The number of rotatable bonds is 1. The average Bonchev–Trinajstić information content (AvgIpc) is 3.00. The van der Waals surface area contributed by atoms with E-state index in [0.717, 1.165) is 36.5 Å². The molecule has 2 heterocycles. The first-order valence-corrected chi connectivity index (χ1v) is 5.48. The van der Waals surface area contributed by atoms with Gasteiger partial charge in [-0.3, -0.25) is 4.68 Å². The number of nitriles is 1. The topological polar surface area (TPSA) is 44.9 Å². The Morgan fingerprint density at radius 2 is 2.27 bits per heavy atom. The molecule has 0 aromatic carbocycles. The third-order valence-corrected chi connectivity index (χ3v) is 3.25. The highest BCUT2D eigenvalue weighted by molar-refractivity contribution is 5.37. The second-order valence-corrected chi connectivity index (χ2v) is 4.55. The standard InChI is InChI=1S/C11H14N4/c1-14-5-4-10-9(7-14)11(6-12)15(13-10)8-2-3-8/h8H,2-5,7H2,1H3. The maximum Gasteiger partial charge on any atom is 0.143 e. The van der Waals surface area contributed by atoms with E-state index in [1.165, 1.54) is 12.8 Å². The lowest BCUT2D eigenvalue weighted by atomic mass is 10.1. The van der Waals surface area contributed by atoms with Crippen molar-refractivity contribution in [3.8, 4) is 6.07 Å². The molecule has 1 fully saturated rings. The summed E-state index contributed by atoms with van der Waals surface area (Å²) in [4.78, 5) is 2.25. The van der Waals surface area contributed by atoms with E-state index < -0.39 is 0 Å². The fraction of sp³-hybridized carbons (Fsp3) is 0.636. The molecule has 0 radical (unpaired) electrons. The third-order valence-electron chi connectivity index (χ3n) is 3.25. The maximum atomic E-state index is 9.20. The molecule has 78 valence electrons. The Balaban J connectivity index is 2.08. The van der Waals surface area contributed by atoms with Crippen molar-refractivity contribution in [2.75, 3.05) is 13.6 Å². The van der Waals surface area contributed by atoms with Gasteiger partial charge in [0, 0.05) is 25.1 Å². The Morgan fingerprint density at radius 1 is 1.47 bits per heavy atom. The van der Waals surface area contributed by atoms with E-state index in [0.29, 0.717) is 6.04 Å². The second-order valence-electron chi connectivity index (χ2n) is 4.55. The molecule has 0 N–H and O–H groups in total. The zero-order valence-electron chi connectivity index (χ0n) is 8.90. The minimum Gasteiger partial charge on any atom is -0.302 e. The predicted octanol–water partition coefficient (Wildman–Crippen LogP) is 1.08. The van der Waals surface area contributed by atoms with Gasteiger partial charge in [-0.15, -0.1) is 0 Å². The second kappa shape index (κ2) is 3.07. The predicted molar refractivity (Wildman–Crippen MR) is 55.3 cm³/mol. The molecule has 0 spiro atoms. The van der Waals surface area contributed by atoms with Crippen LogP contribution >= 0.6 is 0 Å². The van der Waals surface area contributed by atoms with Crippen molar-refractivity contribution in [1.82, 2.24) is 14.7 Å². The maximum absolute atomic E-state index is 9.20. The number of likely N-dealkylation sites (N-methyl/N-ethyl adjacent to an activating group) is 1. The number of hydrogen-bond acceptors (Lipinski definition) is 3. The first-order valence-electron chi connectivity index (χ1n) is 5.48. The largest absolute Gasteiger partial charge is 0.302 e. The number of aromatic nitrogens is 2. The third kappa shape index (κ3) is 1.35. The van der Waals surface area contributed by atoms with Crippen molar-refractivity contribution in [2.45, 2.75) is 31.8 Å². The summed E-state index contributed by atoms with van der Waals surface area (Å²) in [6.45, 7) is 1.94. The quantitative estimate of drug-likeness (QED) is 0.684. The Bertz CT molecular complexity index is 436. The molecular formula is C11H14N4. The van der Waals surface area contributed by atoms with Gasteiger partial charge in [-0.05, 0) is 19.9 Å². The van der Waals surface area contributed by atoms with Crippen LogP contribution in [0.1, 0.15) is 35.8 Å². The van der Waals surface area contributed by atoms with Gasteiger partial charge in [-0.1, -0.05) is 0 Å². The monoisotopic (exact) mass is 202 g/mol. The van der Waals surface area contributed by atoms with Crippen molar-refractivity contribution in [3.05, 3.63) is 17.0 Å². The SMILES string of the molecule is CN1CCc2nn(C3CC3)c(C#N)c2C1. The molecule has 1 aliphatic carbocycles. The van der Waals surface area contributed by atoms with E-state index in [4.69, 9.17) is 0 Å². The van der Waals surface area contributed by atoms with E-state index >= 15 is 0 Å². The smallest absolute Gasteiger partial charge is 0.143 e. The Morgan fingerprint density at radius 3 is 2.93 bits per heavy atom. The van der Waals surface area contributed by atoms with Crippen molar-refractivity contribution < 1.29 is 0 Å². The van der Waals surface area contributed by atoms with Crippen molar-refractivity contribution >= 4 is 0 Å². The van der Waals surface area contributed by atoms with Crippen LogP contribution < -0.4 is 0 Å². The van der Waals surface area contributed by atoms with Crippen molar-refractivity contribution in [1.29, 1.82) is 5.26 Å². The van der Waals surface area contributed by atoms with Gasteiger partial charge in [0.25, 0.3) is 0 Å². The van der Waals surface area contributed by atoms with Crippen LogP contribution in [0.15, 0.2) is 0 Å².